The largest absolute Gasteiger partial charge is 0.357 e. The summed E-state index contributed by atoms with van der Waals surface area (Å²) in [4.78, 5) is 19.7. The number of piperazine rings is 1. The maximum atomic E-state index is 13.1. The fraction of sp³-hybridized carbons (Fsp3) is 0.350. The molecule has 4 nitrogen and oxygen atoms in total. The Balaban J connectivity index is 1.80. The van der Waals surface area contributed by atoms with Crippen LogP contribution < -0.4 is 15.2 Å². The zero-order valence-electron chi connectivity index (χ0n) is 14.4. The molecule has 2 heterocycles. The third kappa shape index (κ3) is 2.62. The Bertz CT molecular complexity index is 952. The van der Waals surface area contributed by atoms with Crippen molar-refractivity contribution in [3.63, 3.8) is 0 Å². The molecule has 24 heavy (non-hydrogen) atoms. The van der Waals surface area contributed by atoms with Crippen molar-refractivity contribution in [2.24, 2.45) is 0 Å². The SMILES string of the molecule is Cc1[nH]c2c(ccc3ccccc32)c(=O)c1C[NH+]1CC[NH+](C)CC1. The molecule has 0 radical (unpaired) electrons. The van der Waals surface area contributed by atoms with Gasteiger partial charge in [0.2, 0.25) is 0 Å². The summed E-state index contributed by atoms with van der Waals surface area (Å²) >= 11 is 0. The highest BCUT2D eigenvalue weighted by atomic mass is 16.1. The number of benzene rings is 2. The van der Waals surface area contributed by atoms with Gasteiger partial charge in [0.05, 0.1) is 18.1 Å². The molecule has 1 fully saturated rings. The number of quaternary nitrogens is 2. The first-order chi connectivity index (χ1) is 11.6. The molecule has 0 saturated carbocycles. The van der Waals surface area contributed by atoms with E-state index >= 15 is 0 Å². The van der Waals surface area contributed by atoms with Gasteiger partial charge in [0.1, 0.15) is 32.7 Å². The highest BCUT2D eigenvalue weighted by Gasteiger charge is 2.22. The van der Waals surface area contributed by atoms with Crippen LogP contribution in [0, 0.1) is 6.92 Å². The third-order valence-corrected chi connectivity index (χ3v) is 5.45. The van der Waals surface area contributed by atoms with Crippen LogP contribution in [-0.4, -0.2) is 38.2 Å². The van der Waals surface area contributed by atoms with Gasteiger partial charge in [0.15, 0.2) is 5.43 Å². The topological polar surface area (TPSA) is 41.7 Å². The second-order valence-electron chi connectivity index (χ2n) is 7.15. The lowest BCUT2D eigenvalue weighted by Crippen LogP contribution is -3.26. The smallest absolute Gasteiger partial charge is 0.198 e. The van der Waals surface area contributed by atoms with Gasteiger partial charge in [-0.25, -0.2) is 0 Å². The fourth-order valence-electron chi connectivity index (χ4n) is 3.86. The summed E-state index contributed by atoms with van der Waals surface area (Å²) in [5, 5.41) is 3.10. The third-order valence-electron chi connectivity index (χ3n) is 5.45. The quantitative estimate of drug-likeness (QED) is 0.567. The Hall–Kier alpha value is -2.17. The molecular weight excluding hydrogens is 298 g/mol. The molecule has 0 aliphatic carbocycles. The molecular formula is C20H25N3O+2. The lowest BCUT2D eigenvalue weighted by atomic mass is 10.0. The highest BCUT2D eigenvalue weighted by Crippen LogP contribution is 2.22. The molecule has 4 heteroatoms. The van der Waals surface area contributed by atoms with Gasteiger partial charge in [-0.05, 0) is 18.4 Å². The lowest BCUT2D eigenvalue weighted by molar-refractivity contribution is -1.01. The number of likely N-dealkylation sites (N-methyl/N-ethyl adjacent to an activating group) is 1. The van der Waals surface area contributed by atoms with Crippen molar-refractivity contribution >= 4 is 21.7 Å². The van der Waals surface area contributed by atoms with Crippen molar-refractivity contribution in [3.8, 4) is 0 Å². The first-order valence-corrected chi connectivity index (χ1v) is 8.81. The summed E-state index contributed by atoms with van der Waals surface area (Å²) in [5.74, 6) is 0. The molecule has 1 aliphatic heterocycles. The van der Waals surface area contributed by atoms with Gasteiger partial charge in [-0.1, -0.05) is 30.3 Å². The van der Waals surface area contributed by atoms with Crippen molar-refractivity contribution < 1.29 is 9.80 Å². The van der Waals surface area contributed by atoms with E-state index in [1.165, 1.54) is 23.4 Å². The Kier molecular flexibility index (Phi) is 3.87. The summed E-state index contributed by atoms with van der Waals surface area (Å²) in [5.41, 5.74) is 3.14. The van der Waals surface area contributed by atoms with E-state index in [9.17, 15) is 4.79 Å². The van der Waals surface area contributed by atoms with Crippen LogP contribution in [0.4, 0.5) is 0 Å². The zero-order chi connectivity index (χ0) is 16.7. The molecule has 4 rings (SSSR count). The summed E-state index contributed by atoms with van der Waals surface area (Å²) in [6.45, 7) is 7.52. The van der Waals surface area contributed by atoms with Crippen LogP contribution in [0.2, 0.25) is 0 Å². The van der Waals surface area contributed by atoms with E-state index < -0.39 is 0 Å². The first kappa shape index (κ1) is 15.4. The van der Waals surface area contributed by atoms with Gasteiger partial charge in [0.25, 0.3) is 0 Å². The fourth-order valence-corrected chi connectivity index (χ4v) is 3.86. The molecule has 1 aliphatic rings. The molecule has 124 valence electrons. The van der Waals surface area contributed by atoms with Crippen LogP contribution in [0.3, 0.4) is 0 Å². The molecule has 1 saturated heterocycles. The Morgan fingerprint density at radius 2 is 1.75 bits per heavy atom. The minimum absolute atomic E-state index is 0.200. The summed E-state index contributed by atoms with van der Waals surface area (Å²) < 4.78 is 0. The lowest BCUT2D eigenvalue weighted by Gasteiger charge is -2.27. The van der Waals surface area contributed by atoms with Crippen LogP contribution in [0.1, 0.15) is 11.3 Å². The van der Waals surface area contributed by atoms with Crippen molar-refractivity contribution in [2.45, 2.75) is 13.5 Å². The van der Waals surface area contributed by atoms with E-state index in [0.717, 1.165) is 47.2 Å². The molecule has 0 atom stereocenters. The van der Waals surface area contributed by atoms with E-state index in [-0.39, 0.29) is 5.43 Å². The van der Waals surface area contributed by atoms with Crippen LogP contribution in [-0.2, 0) is 6.54 Å². The van der Waals surface area contributed by atoms with Gasteiger partial charge in [-0.3, -0.25) is 4.79 Å². The van der Waals surface area contributed by atoms with Crippen LogP contribution >= 0.6 is 0 Å². The number of rotatable bonds is 2. The summed E-state index contributed by atoms with van der Waals surface area (Å²) in [7, 11) is 2.25. The number of nitrogens with one attached hydrogen (secondary N) is 3. The van der Waals surface area contributed by atoms with E-state index in [2.05, 4.69) is 30.2 Å². The van der Waals surface area contributed by atoms with E-state index in [1.807, 2.05) is 25.1 Å². The molecule has 1 aromatic heterocycles. The minimum atomic E-state index is 0.200. The average Bonchev–Trinajstić information content (AvgIpc) is 2.60. The predicted molar refractivity (Wildman–Crippen MR) is 97.8 cm³/mol. The first-order valence-electron chi connectivity index (χ1n) is 8.81. The van der Waals surface area contributed by atoms with Gasteiger partial charge in [0, 0.05) is 16.5 Å². The maximum absolute atomic E-state index is 13.1. The molecule has 3 aromatic rings. The van der Waals surface area contributed by atoms with E-state index in [1.54, 1.807) is 4.90 Å². The van der Waals surface area contributed by atoms with E-state index in [0.29, 0.717) is 0 Å². The summed E-state index contributed by atoms with van der Waals surface area (Å²) in [6, 6.07) is 12.3. The van der Waals surface area contributed by atoms with Crippen LogP contribution in [0.15, 0.2) is 41.2 Å². The predicted octanol–water partition coefficient (Wildman–Crippen LogP) is -0.0971. The Morgan fingerprint density at radius 3 is 2.54 bits per heavy atom. The number of fused-ring (bicyclic) bond motifs is 3. The van der Waals surface area contributed by atoms with Crippen molar-refractivity contribution in [3.05, 3.63) is 57.9 Å². The van der Waals surface area contributed by atoms with Gasteiger partial charge < -0.3 is 14.8 Å². The zero-order valence-corrected chi connectivity index (χ0v) is 14.4. The number of aromatic amines is 1. The number of H-pyrrole nitrogens is 1. The van der Waals surface area contributed by atoms with Gasteiger partial charge >= 0.3 is 0 Å². The monoisotopic (exact) mass is 323 g/mol. The standard InChI is InChI=1S/C20H23N3O/c1-14-18(13-23-11-9-22(2)10-12-23)20(24)17-8-7-15-5-3-4-6-16(15)19(17)21-14/h3-8H,9-13H2,1-2H3,(H,21,24)/p+2. The Labute approximate surface area is 141 Å². The minimum Gasteiger partial charge on any atom is -0.357 e. The Morgan fingerprint density at radius 1 is 1.00 bits per heavy atom. The van der Waals surface area contributed by atoms with Crippen molar-refractivity contribution in [1.82, 2.24) is 4.98 Å². The molecule has 0 bridgehead atoms. The number of hydrogen-bond acceptors (Lipinski definition) is 1. The normalized spacial score (nSPS) is 21.4. The molecule has 0 unspecified atom stereocenters. The average molecular weight is 323 g/mol. The van der Waals surface area contributed by atoms with Gasteiger partial charge in [-0.2, -0.15) is 0 Å². The molecule has 0 spiro atoms. The maximum Gasteiger partial charge on any atom is 0.198 e. The number of pyridine rings is 1. The van der Waals surface area contributed by atoms with Crippen molar-refractivity contribution in [2.75, 3.05) is 33.2 Å². The van der Waals surface area contributed by atoms with Crippen LogP contribution in [0.5, 0.6) is 0 Å². The molecule has 2 aromatic carbocycles. The van der Waals surface area contributed by atoms with E-state index in [4.69, 9.17) is 0 Å². The second-order valence-corrected chi connectivity index (χ2v) is 7.15. The number of aryl methyl sites for hydroxylation is 1. The highest BCUT2D eigenvalue weighted by molar-refractivity contribution is 6.05. The number of hydrogen-bond donors (Lipinski definition) is 3. The van der Waals surface area contributed by atoms with Crippen LogP contribution in [0.25, 0.3) is 21.7 Å². The summed E-state index contributed by atoms with van der Waals surface area (Å²) in [6.07, 6.45) is 0. The molecule has 3 N–H and O–H groups in total. The number of aromatic nitrogens is 1. The van der Waals surface area contributed by atoms with Gasteiger partial charge in [-0.15, -0.1) is 0 Å². The van der Waals surface area contributed by atoms with Crippen molar-refractivity contribution in [1.29, 1.82) is 0 Å². The second kappa shape index (κ2) is 6.04. The molecule has 0 amide bonds.